The lowest BCUT2D eigenvalue weighted by atomic mass is 10.0. The van der Waals surface area contributed by atoms with Gasteiger partial charge in [-0.15, -0.1) is 0 Å². The van der Waals surface area contributed by atoms with E-state index >= 15 is 0 Å². The molecule has 0 unspecified atom stereocenters. The van der Waals surface area contributed by atoms with Crippen LogP contribution in [0.3, 0.4) is 0 Å². The Kier molecular flexibility index (Phi) is 3.01. The summed E-state index contributed by atoms with van der Waals surface area (Å²) in [6.45, 7) is 0. The maximum Gasteiger partial charge on any atom is 0.356 e. The third-order valence-corrected chi connectivity index (χ3v) is 3.78. The van der Waals surface area contributed by atoms with E-state index in [1.165, 1.54) is 7.11 Å². The molecule has 0 fully saturated rings. The Hall–Kier alpha value is -3.28. The molecule has 4 aromatic rings. The molecule has 0 saturated heterocycles. The van der Waals surface area contributed by atoms with Gasteiger partial charge in [-0.05, 0) is 11.5 Å². The van der Waals surface area contributed by atoms with Gasteiger partial charge in [0.2, 0.25) is 0 Å². The summed E-state index contributed by atoms with van der Waals surface area (Å²) in [5.41, 5.74) is 2.59. The summed E-state index contributed by atoms with van der Waals surface area (Å²) in [7, 11) is 1.33. The van der Waals surface area contributed by atoms with Gasteiger partial charge >= 0.3 is 5.97 Å². The SMILES string of the molecule is COC(=O)c1[nH]nc2ncc(-c3cncc4ccccc34)cc12. The molecule has 0 atom stereocenters. The lowest BCUT2D eigenvalue weighted by Crippen LogP contribution is -2.02. The van der Waals surface area contributed by atoms with Crippen molar-refractivity contribution in [2.75, 3.05) is 7.11 Å². The topological polar surface area (TPSA) is 80.8 Å². The Morgan fingerprint density at radius 2 is 2.00 bits per heavy atom. The number of pyridine rings is 2. The molecule has 23 heavy (non-hydrogen) atoms. The van der Waals surface area contributed by atoms with E-state index < -0.39 is 5.97 Å². The summed E-state index contributed by atoms with van der Waals surface area (Å²) >= 11 is 0. The van der Waals surface area contributed by atoms with Crippen molar-refractivity contribution in [2.45, 2.75) is 0 Å². The highest BCUT2D eigenvalue weighted by Crippen LogP contribution is 2.29. The van der Waals surface area contributed by atoms with Crippen LogP contribution in [0.1, 0.15) is 10.5 Å². The zero-order chi connectivity index (χ0) is 15.8. The number of carbonyl (C=O) groups is 1. The second kappa shape index (κ2) is 5.17. The largest absolute Gasteiger partial charge is 0.464 e. The molecule has 0 aliphatic heterocycles. The van der Waals surface area contributed by atoms with Crippen molar-refractivity contribution in [3.63, 3.8) is 0 Å². The fraction of sp³-hybridized carbons (Fsp3) is 0.0588. The second-order valence-electron chi connectivity index (χ2n) is 5.09. The molecule has 6 heteroatoms. The van der Waals surface area contributed by atoms with Gasteiger partial charge in [-0.3, -0.25) is 10.1 Å². The molecule has 3 aromatic heterocycles. The molecule has 112 valence electrons. The number of esters is 1. The zero-order valence-corrected chi connectivity index (χ0v) is 12.3. The Morgan fingerprint density at radius 3 is 2.87 bits per heavy atom. The molecular weight excluding hydrogens is 292 g/mol. The van der Waals surface area contributed by atoms with Crippen LogP contribution < -0.4 is 0 Å². The van der Waals surface area contributed by atoms with Crippen LogP contribution in [-0.2, 0) is 4.74 Å². The van der Waals surface area contributed by atoms with E-state index in [1.54, 1.807) is 12.4 Å². The van der Waals surface area contributed by atoms with E-state index in [4.69, 9.17) is 4.74 Å². The Morgan fingerprint density at radius 1 is 1.13 bits per heavy atom. The summed E-state index contributed by atoms with van der Waals surface area (Å²) in [4.78, 5) is 20.4. The number of H-pyrrole nitrogens is 1. The maximum absolute atomic E-state index is 11.8. The van der Waals surface area contributed by atoms with E-state index in [-0.39, 0.29) is 0 Å². The molecule has 1 N–H and O–H groups in total. The molecule has 0 bridgehead atoms. The normalized spacial score (nSPS) is 11.0. The Balaban J connectivity index is 1.96. The minimum Gasteiger partial charge on any atom is -0.464 e. The van der Waals surface area contributed by atoms with Crippen LogP contribution in [0.5, 0.6) is 0 Å². The number of hydrogen-bond donors (Lipinski definition) is 1. The van der Waals surface area contributed by atoms with E-state index in [2.05, 4.69) is 20.2 Å². The minimum atomic E-state index is -0.470. The first-order valence-electron chi connectivity index (χ1n) is 7.03. The molecule has 4 rings (SSSR count). The third-order valence-electron chi connectivity index (χ3n) is 3.78. The monoisotopic (exact) mass is 304 g/mol. The van der Waals surface area contributed by atoms with Crippen LogP contribution in [0, 0.1) is 0 Å². The first kappa shape index (κ1) is 13.4. The Bertz CT molecular complexity index is 1030. The van der Waals surface area contributed by atoms with E-state index in [0.717, 1.165) is 21.9 Å². The molecule has 0 aliphatic rings. The van der Waals surface area contributed by atoms with Crippen molar-refractivity contribution in [1.82, 2.24) is 20.2 Å². The highest BCUT2D eigenvalue weighted by molar-refractivity contribution is 6.03. The molecule has 0 amide bonds. The van der Waals surface area contributed by atoms with Gasteiger partial charge in [0.05, 0.1) is 12.5 Å². The first-order chi connectivity index (χ1) is 11.3. The number of aromatic amines is 1. The quantitative estimate of drug-likeness (QED) is 0.576. The number of fused-ring (bicyclic) bond motifs is 2. The van der Waals surface area contributed by atoms with Crippen molar-refractivity contribution in [1.29, 1.82) is 0 Å². The number of benzene rings is 1. The minimum absolute atomic E-state index is 0.296. The van der Waals surface area contributed by atoms with E-state index in [0.29, 0.717) is 16.7 Å². The molecule has 3 heterocycles. The lowest BCUT2D eigenvalue weighted by Gasteiger charge is -2.06. The van der Waals surface area contributed by atoms with Gasteiger partial charge in [0.15, 0.2) is 11.3 Å². The predicted octanol–water partition coefficient (Wildman–Crippen LogP) is 2.96. The van der Waals surface area contributed by atoms with Gasteiger partial charge in [-0.2, -0.15) is 5.10 Å². The summed E-state index contributed by atoms with van der Waals surface area (Å²) in [5.74, 6) is -0.470. The van der Waals surface area contributed by atoms with Crippen LogP contribution in [0.4, 0.5) is 0 Å². The molecule has 0 saturated carbocycles. The van der Waals surface area contributed by atoms with Gasteiger partial charge in [-0.25, -0.2) is 9.78 Å². The van der Waals surface area contributed by atoms with Crippen molar-refractivity contribution < 1.29 is 9.53 Å². The number of carbonyl (C=O) groups excluding carboxylic acids is 1. The van der Waals surface area contributed by atoms with Crippen molar-refractivity contribution in [2.24, 2.45) is 0 Å². The number of aromatic nitrogens is 4. The van der Waals surface area contributed by atoms with Crippen LogP contribution in [0.15, 0.2) is 48.9 Å². The van der Waals surface area contributed by atoms with E-state index in [9.17, 15) is 4.79 Å². The van der Waals surface area contributed by atoms with Crippen molar-refractivity contribution in [3.8, 4) is 11.1 Å². The smallest absolute Gasteiger partial charge is 0.356 e. The third kappa shape index (κ3) is 2.12. The number of ether oxygens (including phenoxy) is 1. The van der Waals surface area contributed by atoms with Gasteiger partial charge in [-0.1, -0.05) is 24.3 Å². The molecule has 0 radical (unpaired) electrons. The summed E-state index contributed by atoms with van der Waals surface area (Å²) in [6.07, 6.45) is 5.35. The highest BCUT2D eigenvalue weighted by atomic mass is 16.5. The number of nitrogens with zero attached hydrogens (tertiary/aromatic N) is 3. The van der Waals surface area contributed by atoms with Crippen molar-refractivity contribution >= 4 is 27.8 Å². The summed E-state index contributed by atoms with van der Waals surface area (Å²) in [6, 6.07) is 9.88. The lowest BCUT2D eigenvalue weighted by molar-refractivity contribution is 0.0596. The second-order valence-corrected chi connectivity index (χ2v) is 5.09. The first-order valence-corrected chi connectivity index (χ1v) is 7.03. The van der Waals surface area contributed by atoms with Crippen molar-refractivity contribution in [3.05, 3.63) is 54.6 Å². The fourth-order valence-electron chi connectivity index (χ4n) is 2.65. The number of nitrogens with one attached hydrogen (secondary N) is 1. The summed E-state index contributed by atoms with van der Waals surface area (Å²) in [5, 5.41) is 9.46. The Labute approximate surface area is 131 Å². The maximum atomic E-state index is 11.8. The average Bonchev–Trinajstić information content (AvgIpc) is 3.03. The zero-order valence-electron chi connectivity index (χ0n) is 12.3. The van der Waals surface area contributed by atoms with E-state index in [1.807, 2.05) is 36.5 Å². The van der Waals surface area contributed by atoms with Gasteiger partial charge < -0.3 is 4.74 Å². The average molecular weight is 304 g/mol. The van der Waals surface area contributed by atoms with Crippen LogP contribution in [0.2, 0.25) is 0 Å². The number of hydrogen-bond acceptors (Lipinski definition) is 5. The molecule has 0 spiro atoms. The molecule has 6 nitrogen and oxygen atoms in total. The fourth-order valence-corrected chi connectivity index (χ4v) is 2.65. The number of rotatable bonds is 2. The highest BCUT2D eigenvalue weighted by Gasteiger charge is 2.16. The molecule has 0 aliphatic carbocycles. The van der Waals surface area contributed by atoms with Gasteiger partial charge in [0.25, 0.3) is 0 Å². The standard InChI is InChI=1S/C17H12N4O2/c1-23-17(22)15-13-6-11(8-19-16(13)21-20-15)14-9-18-7-10-4-2-3-5-12(10)14/h2-9H,1H3,(H,19,20,21). The predicted molar refractivity (Wildman–Crippen MR) is 86.0 cm³/mol. The molecular formula is C17H12N4O2. The van der Waals surface area contributed by atoms with Crippen LogP contribution >= 0.6 is 0 Å². The van der Waals surface area contributed by atoms with Crippen LogP contribution in [-0.4, -0.2) is 33.2 Å². The number of methoxy groups -OCH3 is 1. The molecule has 1 aromatic carbocycles. The van der Waals surface area contributed by atoms with Crippen LogP contribution in [0.25, 0.3) is 32.9 Å². The van der Waals surface area contributed by atoms with Gasteiger partial charge in [0.1, 0.15) is 0 Å². The van der Waals surface area contributed by atoms with Gasteiger partial charge in [0, 0.05) is 35.1 Å². The summed E-state index contributed by atoms with van der Waals surface area (Å²) < 4.78 is 4.77.